The van der Waals surface area contributed by atoms with E-state index in [4.69, 9.17) is 11.6 Å². The first kappa shape index (κ1) is 23.0. The van der Waals surface area contributed by atoms with E-state index in [1.165, 1.54) is 16.7 Å². The van der Waals surface area contributed by atoms with Gasteiger partial charge in [-0.2, -0.15) is 0 Å². The summed E-state index contributed by atoms with van der Waals surface area (Å²) < 4.78 is 26.5. The largest absolute Gasteiger partial charge is 0.293 e. The Morgan fingerprint density at radius 1 is 1.06 bits per heavy atom. The molecule has 0 bridgehead atoms. The number of aromatic nitrogens is 2. The van der Waals surface area contributed by atoms with E-state index in [2.05, 4.69) is 9.71 Å². The fourth-order valence-electron chi connectivity index (χ4n) is 3.20. The van der Waals surface area contributed by atoms with Crippen LogP contribution in [0.2, 0.25) is 5.02 Å². The minimum absolute atomic E-state index is 0.0319. The van der Waals surface area contributed by atoms with Crippen molar-refractivity contribution in [1.29, 1.82) is 0 Å². The lowest BCUT2D eigenvalue weighted by Gasteiger charge is -2.13. The van der Waals surface area contributed by atoms with Crippen LogP contribution in [0.15, 0.2) is 82.7 Å². The minimum atomic E-state index is -3.40. The summed E-state index contributed by atoms with van der Waals surface area (Å²) in [6.07, 6.45) is 1.05. The molecule has 0 spiro atoms. The number of carbonyl (C=O) groups excluding carboxylic acids is 1. The van der Waals surface area contributed by atoms with Crippen molar-refractivity contribution >= 4 is 55.8 Å². The number of sulfonamides is 1. The first-order valence-corrected chi connectivity index (χ1v) is 13.0. The van der Waals surface area contributed by atoms with E-state index in [0.717, 1.165) is 18.0 Å². The molecule has 10 heteroatoms. The number of anilines is 1. The third-order valence-electron chi connectivity index (χ3n) is 4.65. The van der Waals surface area contributed by atoms with Gasteiger partial charge >= 0.3 is 0 Å². The molecule has 3 aromatic carbocycles. The van der Waals surface area contributed by atoms with Crippen LogP contribution < -0.4 is 10.3 Å². The van der Waals surface area contributed by atoms with Crippen LogP contribution in [0.3, 0.4) is 0 Å². The lowest BCUT2D eigenvalue weighted by atomic mass is 10.1. The molecule has 0 atom stereocenters. The van der Waals surface area contributed by atoms with Gasteiger partial charge in [-0.15, -0.1) is 0 Å². The smallest absolute Gasteiger partial charge is 0.266 e. The lowest BCUT2D eigenvalue weighted by molar-refractivity contribution is 0.102. The summed E-state index contributed by atoms with van der Waals surface area (Å²) in [5.74, 6) is -0.157. The van der Waals surface area contributed by atoms with Crippen LogP contribution in [0.1, 0.15) is 10.4 Å². The van der Waals surface area contributed by atoms with Crippen molar-refractivity contribution in [1.82, 2.24) is 9.55 Å². The Balaban J connectivity index is 1.65. The summed E-state index contributed by atoms with van der Waals surface area (Å²) in [7, 11) is -3.40. The van der Waals surface area contributed by atoms with Gasteiger partial charge in [0.15, 0.2) is 10.9 Å². The second kappa shape index (κ2) is 9.38. The van der Waals surface area contributed by atoms with Crippen molar-refractivity contribution in [2.24, 2.45) is 0 Å². The fraction of sp³-hybridized carbons (Fsp3) is 0.0870. The Morgan fingerprint density at radius 3 is 2.48 bits per heavy atom. The van der Waals surface area contributed by atoms with E-state index in [-0.39, 0.29) is 17.1 Å². The number of carbonyl (C=O) groups is 1. The molecule has 33 heavy (non-hydrogen) atoms. The number of Topliss-reactive ketones (excluding diaryl/α,β-unsaturated/α-hetero) is 1. The summed E-state index contributed by atoms with van der Waals surface area (Å²) in [6, 6.07) is 20.0. The molecule has 1 heterocycles. The van der Waals surface area contributed by atoms with Crippen LogP contribution in [0.25, 0.3) is 16.6 Å². The molecule has 0 aliphatic heterocycles. The van der Waals surface area contributed by atoms with Crippen molar-refractivity contribution in [2.45, 2.75) is 5.16 Å². The van der Waals surface area contributed by atoms with Crippen LogP contribution in [0.4, 0.5) is 5.69 Å². The number of fused-ring (bicyclic) bond motifs is 1. The average molecular weight is 500 g/mol. The zero-order chi connectivity index (χ0) is 23.6. The maximum atomic E-state index is 13.3. The molecule has 4 aromatic rings. The standard InChI is InChI=1S/C23H18ClN3O4S2/c1-33(30,31)26-17-11-9-15(10-12-17)21(28)14-32-23-25-20-8-3-2-7-19(20)22(29)27(23)18-6-4-5-16(24)13-18/h2-13,26H,14H2,1H3. The van der Waals surface area contributed by atoms with Crippen molar-refractivity contribution in [2.75, 3.05) is 16.7 Å². The number of rotatable bonds is 7. The number of thioether (sulfide) groups is 1. The van der Waals surface area contributed by atoms with Crippen molar-refractivity contribution in [3.8, 4) is 5.69 Å². The number of para-hydroxylation sites is 1. The second-order valence-corrected chi connectivity index (χ2v) is 10.3. The molecule has 0 unspecified atom stereocenters. The Morgan fingerprint density at radius 2 is 1.79 bits per heavy atom. The van der Waals surface area contributed by atoms with Gasteiger partial charge in [0, 0.05) is 16.3 Å². The van der Waals surface area contributed by atoms with Crippen LogP contribution >= 0.6 is 23.4 Å². The van der Waals surface area contributed by atoms with Gasteiger partial charge in [-0.1, -0.05) is 41.6 Å². The third-order valence-corrected chi connectivity index (χ3v) is 6.43. The quantitative estimate of drug-likeness (QED) is 0.230. The van der Waals surface area contributed by atoms with Crippen molar-refractivity contribution < 1.29 is 13.2 Å². The van der Waals surface area contributed by atoms with E-state index < -0.39 is 10.0 Å². The van der Waals surface area contributed by atoms with Gasteiger partial charge < -0.3 is 0 Å². The number of benzene rings is 3. The van der Waals surface area contributed by atoms with Crippen LogP contribution in [0, 0.1) is 0 Å². The van der Waals surface area contributed by atoms with Gasteiger partial charge in [0.25, 0.3) is 5.56 Å². The number of nitrogens with zero attached hydrogens (tertiary/aromatic N) is 2. The minimum Gasteiger partial charge on any atom is -0.293 e. The molecule has 0 saturated heterocycles. The fourth-order valence-corrected chi connectivity index (χ4v) is 4.86. The number of hydrogen-bond donors (Lipinski definition) is 1. The Labute approximate surface area is 199 Å². The second-order valence-electron chi connectivity index (χ2n) is 7.20. The highest BCUT2D eigenvalue weighted by Gasteiger charge is 2.16. The molecular weight excluding hydrogens is 482 g/mol. The summed E-state index contributed by atoms with van der Waals surface area (Å²) in [6.45, 7) is 0. The molecule has 4 rings (SSSR count). The molecule has 0 saturated carbocycles. The summed E-state index contributed by atoms with van der Waals surface area (Å²) >= 11 is 7.28. The van der Waals surface area contributed by atoms with Gasteiger partial charge in [0.05, 0.1) is 28.6 Å². The number of halogens is 1. The first-order valence-electron chi connectivity index (χ1n) is 9.73. The molecule has 0 aliphatic rings. The zero-order valence-corrected chi connectivity index (χ0v) is 19.7. The van der Waals surface area contributed by atoms with E-state index in [0.29, 0.717) is 38.0 Å². The molecule has 1 N–H and O–H groups in total. The molecule has 0 radical (unpaired) electrons. The van der Waals surface area contributed by atoms with E-state index >= 15 is 0 Å². The Bertz CT molecular complexity index is 1520. The SMILES string of the molecule is CS(=O)(=O)Nc1ccc(C(=O)CSc2nc3ccccc3c(=O)n2-c2cccc(Cl)c2)cc1. The Kier molecular flexibility index (Phi) is 6.55. The maximum absolute atomic E-state index is 13.3. The van der Waals surface area contributed by atoms with Crippen LogP contribution in [-0.2, 0) is 10.0 Å². The number of nitrogens with one attached hydrogen (secondary N) is 1. The maximum Gasteiger partial charge on any atom is 0.266 e. The van der Waals surface area contributed by atoms with Gasteiger partial charge in [-0.3, -0.25) is 18.9 Å². The molecule has 7 nitrogen and oxygen atoms in total. The van der Waals surface area contributed by atoms with E-state index in [9.17, 15) is 18.0 Å². The molecular formula is C23H18ClN3O4S2. The van der Waals surface area contributed by atoms with Crippen molar-refractivity contribution in [3.63, 3.8) is 0 Å². The first-order chi connectivity index (χ1) is 15.7. The molecule has 0 aliphatic carbocycles. The van der Waals surface area contributed by atoms with Crippen LogP contribution in [-0.4, -0.2) is 35.8 Å². The summed E-state index contributed by atoms with van der Waals surface area (Å²) in [4.78, 5) is 30.6. The third kappa shape index (κ3) is 5.44. The number of ketones is 1. The van der Waals surface area contributed by atoms with E-state index in [1.807, 2.05) is 0 Å². The zero-order valence-electron chi connectivity index (χ0n) is 17.4. The van der Waals surface area contributed by atoms with Gasteiger partial charge in [-0.05, 0) is 54.6 Å². The molecule has 0 amide bonds. The highest BCUT2D eigenvalue weighted by Crippen LogP contribution is 2.24. The van der Waals surface area contributed by atoms with E-state index in [1.54, 1.807) is 60.7 Å². The monoisotopic (exact) mass is 499 g/mol. The predicted octanol–water partition coefficient (Wildman–Crippen LogP) is 4.39. The Hall–Kier alpha value is -3.14. The van der Waals surface area contributed by atoms with Crippen molar-refractivity contribution in [3.05, 3.63) is 93.7 Å². The summed E-state index contributed by atoms with van der Waals surface area (Å²) in [5.41, 5.74) is 1.62. The molecule has 0 fully saturated rings. The topological polar surface area (TPSA) is 98.1 Å². The highest BCUT2D eigenvalue weighted by atomic mass is 35.5. The van der Waals surface area contributed by atoms with Gasteiger partial charge in [-0.25, -0.2) is 13.4 Å². The highest BCUT2D eigenvalue weighted by molar-refractivity contribution is 7.99. The van der Waals surface area contributed by atoms with Gasteiger partial charge in [0.2, 0.25) is 10.0 Å². The van der Waals surface area contributed by atoms with Crippen LogP contribution in [0.5, 0.6) is 0 Å². The average Bonchev–Trinajstić information content (AvgIpc) is 2.77. The predicted molar refractivity (Wildman–Crippen MR) is 132 cm³/mol. The molecule has 168 valence electrons. The van der Waals surface area contributed by atoms with Gasteiger partial charge in [0.1, 0.15) is 0 Å². The number of hydrogen-bond acceptors (Lipinski definition) is 6. The normalized spacial score (nSPS) is 11.5. The lowest BCUT2D eigenvalue weighted by Crippen LogP contribution is -2.22. The molecule has 1 aromatic heterocycles. The summed E-state index contributed by atoms with van der Waals surface area (Å²) in [5, 5.41) is 1.30.